The molecular weight excluding hydrogens is 430 g/mol. The first-order chi connectivity index (χ1) is 15.7. The van der Waals surface area contributed by atoms with Crippen molar-refractivity contribution >= 4 is 50.7 Å². The van der Waals surface area contributed by atoms with Gasteiger partial charge in [-0.15, -0.1) is 12.4 Å². The maximum Gasteiger partial charge on any atom is 0.356 e. The van der Waals surface area contributed by atoms with E-state index in [2.05, 4.69) is 54.6 Å². The Kier molecular flexibility index (Phi) is 5.51. The standard InChI is InChI=1S/C29H23NO2.ClH/c1-32-29(31)26-17-20-8-3-5-11-22(20)28(30-26)25-12-6-9-19-14-15-23-21-10-4-2-7-18(21)13-16-24(23)27(19)25;/h2-5,7-8,10-11,13-17,25H,6,9,12H2,1H3;1H. The molecule has 0 radical (unpaired) electrons. The van der Waals surface area contributed by atoms with Crippen LogP contribution in [-0.2, 0) is 11.2 Å². The topological polar surface area (TPSA) is 39.2 Å². The molecule has 3 nitrogen and oxygen atoms in total. The molecule has 0 saturated carbocycles. The molecule has 0 spiro atoms. The molecule has 4 heteroatoms. The minimum atomic E-state index is -0.392. The van der Waals surface area contributed by atoms with Gasteiger partial charge in [0.1, 0.15) is 5.69 Å². The third kappa shape index (κ3) is 3.44. The van der Waals surface area contributed by atoms with E-state index in [0.717, 1.165) is 35.7 Å². The molecule has 1 unspecified atom stereocenters. The summed E-state index contributed by atoms with van der Waals surface area (Å²) in [5, 5.41) is 7.23. The van der Waals surface area contributed by atoms with Gasteiger partial charge in [0.2, 0.25) is 0 Å². The van der Waals surface area contributed by atoms with Crippen molar-refractivity contribution < 1.29 is 9.53 Å². The summed E-state index contributed by atoms with van der Waals surface area (Å²) >= 11 is 0. The number of rotatable bonds is 2. The quantitative estimate of drug-likeness (QED) is 0.209. The Morgan fingerprint density at radius 1 is 0.848 bits per heavy atom. The Hall–Kier alpha value is -3.43. The summed E-state index contributed by atoms with van der Waals surface area (Å²) < 4.78 is 5.01. The second-order valence-electron chi connectivity index (χ2n) is 8.57. The van der Waals surface area contributed by atoms with Gasteiger partial charge in [0.05, 0.1) is 12.8 Å². The number of ether oxygens (including phenoxy) is 1. The number of hydrogen-bond acceptors (Lipinski definition) is 3. The molecule has 1 aromatic heterocycles. The van der Waals surface area contributed by atoms with Crippen molar-refractivity contribution in [3.63, 3.8) is 0 Å². The molecule has 0 saturated heterocycles. The minimum absolute atomic E-state index is 0. The van der Waals surface area contributed by atoms with Gasteiger partial charge in [-0.25, -0.2) is 9.78 Å². The average Bonchev–Trinajstić information content (AvgIpc) is 2.86. The zero-order chi connectivity index (χ0) is 21.7. The van der Waals surface area contributed by atoms with E-state index in [0.29, 0.717) is 5.69 Å². The van der Waals surface area contributed by atoms with Gasteiger partial charge in [0, 0.05) is 11.3 Å². The van der Waals surface area contributed by atoms with Gasteiger partial charge < -0.3 is 4.74 Å². The Labute approximate surface area is 198 Å². The molecule has 0 fully saturated rings. The zero-order valence-electron chi connectivity index (χ0n) is 18.4. The highest BCUT2D eigenvalue weighted by atomic mass is 35.5. The molecule has 0 aliphatic heterocycles. The smallest absolute Gasteiger partial charge is 0.356 e. The Bertz CT molecular complexity index is 1530. The van der Waals surface area contributed by atoms with Crippen LogP contribution in [0.15, 0.2) is 78.9 Å². The fourth-order valence-electron chi connectivity index (χ4n) is 5.40. The lowest BCUT2D eigenvalue weighted by Gasteiger charge is -2.28. The number of fused-ring (bicyclic) bond motifs is 6. The van der Waals surface area contributed by atoms with Gasteiger partial charge in [-0.3, -0.25) is 0 Å². The van der Waals surface area contributed by atoms with Crippen LogP contribution in [0.4, 0.5) is 0 Å². The molecule has 1 aliphatic carbocycles. The summed E-state index contributed by atoms with van der Waals surface area (Å²) in [7, 11) is 1.41. The van der Waals surface area contributed by atoms with E-state index in [1.165, 1.54) is 39.8 Å². The molecule has 164 valence electrons. The molecule has 0 N–H and O–H groups in total. The van der Waals surface area contributed by atoms with Crippen LogP contribution in [0.1, 0.15) is 46.1 Å². The van der Waals surface area contributed by atoms with Crippen LogP contribution in [0.2, 0.25) is 0 Å². The second-order valence-corrected chi connectivity index (χ2v) is 8.57. The summed E-state index contributed by atoms with van der Waals surface area (Å²) in [6.45, 7) is 0. The third-order valence-corrected chi connectivity index (χ3v) is 6.84. The SMILES string of the molecule is COC(=O)c1cc2ccccc2c(C2CCCc3ccc4c(ccc5ccccc54)c32)n1.Cl. The minimum Gasteiger partial charge on any atom is -0.464 e. The number of aryl methyl sites for hydroxylation is 1. The molecule has 1 heterocycles. The van der Waals surface area contributed by atoms with Gasteiger partial charge in [-0.1, -0.05) is 72.8 Å². The highest BCUT2D eigenvalue weighted by Crippen LogP contribution is 2.43. The van der Waals surface area contributed by atoms with Crippen LogP contribution in [0, 0.1) is 0 Å². The van der Waals surface area contributed by atoms with E-state index >= 15 is 0 Å². The molecule has 33 heavy (non-hydrogen) atoms. The predicted octanol–water partition coefficient (Wildman–Crippen LogP) is 7.22. The number of hydrogen-bond donors (Lipinski definition) is 0. The van der Waals surface area contributed by atoms with Gasteiger partial charge in [0.25, 0.3) is 0 Å². The van der Waals surface area contributed by atoms with Crippen molar-refractivity contribution in [3.8, 4) is 0 Å². The van der Waals surface area contributed by atoms with Crippen LogP contribution < -0.4 is 0 Å². The van der Waals surface area contributed by atoms with E-state index in [1.54, 1.807) is 0 Å². The number of pyridine rings is 1. The van der Waals surface area contributed by atoms with Crippen molar-refractivity contribution in [3.05, 3.63) is 101 Å². The molecule has 1 atom stereocenters. The number of carbonyl (C=O) groups excluding carboxylic acids is 1. The van der Waals surface area contributed by atoms with Gasteiger partial charge >= 0.3 is 5.97 Å². The summed E-state index contributed by atoms with van der Waals surface area (Å²) in [5.41, 5.74) is 4.10. The highest BCUT2D eigenvalue weighted by Gasteiger charge is 2.28. The number of methoxy groups -OCH3 is 1. The van der Waals surface area contributed by atoms with Crippen LogP contribution in [0.25, 0.3) is 32.3 Å². The van der Waals surface area contributed by atoms with Crippen molar-refractivity contribution in [2.24, 2.45) is 0 Å². The van der Waals surface area contributed by atoms with E-state index in [1.807, 2.05) is 24.3 Å². The van der Waals surface area contributed by atoms with E-state index < -0.39 is 5.97 Å². The maximum absolute atomic E-state index is 12.4. The lowest BCUT2D eigenvalue weighted by Crippen LogP contribution is -2.15. The van der Waals surface area contributed by atoms with Crippen LogP contribution in [-0.4, -0.2) is 18.1 Å². The normalized spacial score (nSPS) is 15.2. The molecule has 5 aromatic rings. The van der Waals surface area contributed by atoms with Crippen molar-refractivity contribution in [2.75, 3.05) is 7.11 Å². The Balaban J connectivity index is 0.00000228. The molecule has 0 amide bonds. The largest absolute Gasteiger partial charge is 0.464 e. The molecule has 0 bridgehead atoms. The monoisotopic (exact) mass is 453 g/mol. The first kappa shape index (κ1) is 21.4. The lowest BCUT2D eigenvalue weighted by atomic mass is 9.77. The molecule has 6 rings (SSSR count). The first-order valence-electron chi connectivity index (χ1n) is 11.2. The average molecular weight is 454 g/mol. The van der Waals surface area contributed by atoms with Crippen LogP contribution in [0.5, 0.6) is 0 Å². The predicted molar refractivity (Wildman–Crippen MR) is 137 cm³/mol. The number of benzene rings is 4. The van der Waals surface area contributed by atoms with Crippen molar-refractivity contribution in [1.29, 1.82) is 0 Å². The second kappa shape index (κ2) is 8.49. The number of halogens is 1. The molecule has 1 aliphatic rings. The van der Waals surface area contributed by atoms with Gasteiger partial charge in [-0.05, 0) is 63.4 Å². The van der Waals surface area contributed by atoms with E-state index in [-0.39, 0.29) is 18.3 Å². The van der Waals surface area contributed by atoms with Gasteiger partial charge in [-0.2, -0.15) is 0 Å². The summed E-state index contributed by atoms with van der Waals surface area (Å²) in [4.78, 5) is 17.3. The molecule has 4 aromatic carbocycles. The number of esters is 1. The third-order valence-electron chi connectivity index (χ3n) is 6.84. The Morgan fingerprint density at radius 2 is 1.58 bits per heavy atom. The lowest BCUT2D eigenvalue weighted by molar-refractivity contribution is 0.0594. The fourth-order valence-corrected chi connectivity index (χ4v) is 5.40. The number of nitrogens with zero attached hydrogens (tertiary/aromatic N) is 1. The highest BCUT2D eigenvalue weighted by molar-refractivity contribution is 6.09. The van der Waals surface area contributed by atoms with Gasteiger partial charge in [0.15, 0.2) is 0 Å². The number of carbonyl (C=O) groups is 1. The Morgan fingerprint density at radius 3 is 2.39 bits per heavy atom. The summed E-state index contributed by atoms with van der Waals surface area (Å²) in [5.74, 6) is -0.255. The zero-order valence-corrected chi connectivity index (χ0v) is 19.2. The van der Waals surface area contributed by atoms with Crippen LogP contribution >= 0.6 is 12.4 Å². The van der Waals surface area contributed by atoms with Crippen molar-refractivity contribution in [1.82, 2.24) is 4.98 Å². The van der Waals surface area contributed by atoms with E-state index in [9.17, 15) is 4.79 Å². The molecular formula is C29H24ClNO2. The summed E-state index contributed by atoms with van der Waals surface area (Å²) in [6, 6.07) is 27.7. The number of aromatic nitrogens is 1. The summed E-state index contributed by atoms with van der Waals surface area (Å²) in [6.07, 6.45) is 3.19. The first-order valence-corrected chi connectivity index (χ1v) is 11.2. The maximum atomic E-state index is 12.4. The van der Waals surface area contributed by atoms with E-state index in [4.69, 9.17) is 9.72 Å². The van der Waals surface area contributed by atoms with Crippen molar-refractivity contribution in [2.45, 2.75) is 25.2 Å². The van der Waals surface area contributed by atoms with Crippen LogP contribution in [0.3, 0.4) is 0 Å². The fraction of sp³-hybridized carbons (Fsp3) is 0.172.